The van der Waals surface area contributed by atoms with Gasteiger partial charge in [0, 0.05) is 13.1 Å². The third-order valence-corrected chi connectivity index (χ3v) is 4.89. The Morgan fingerprint density at radius 3 is 2.32 bits per heavy atom. The highest BCUT2D eigenvalue weighted by Crippen LogP contribution is 2.38. The van der Waals surface area contributed by atoms with E-state index in [0.717, 1.165) is 18.8 Å². The van der Waals surface area contributed by atoms with Crippen molar-refractivity contribution in [3.05, 3.63) is 24.0 Å². The van der Waals surface area contributed by atoms with E-state index >= 15 is 0 Å². The largest absolute Gasteiger partial charge is 0.387 e. The molecule has 0 saturated carbocycles. The van der Waals surface area contributed by atoms with E-state index < -0.39 is 6.10 Å². The van der Waals surface area contributed by atoms with Crippen LogP contribution in [-0.4, -0.2) is 23.2 Å². The maximum absolute atomic E-state index is 9.48. The van der Waals surface area contributed by atoms with Crippen molar-refractivity contribution in [2.45, 2.75) is 52.6 Å². The van der Waals surface area contributed by atoms with E-state index in [1.165, 1.54) is 31.4 Å². The molecule has 0 aromatic carbocycles. The summed E-state index contributed by atoms with van der Waals surface area (Å²) in [6, 6.07) is 4.02. The van der Waals surface area contributed by atoms with Gasteiger partial charge in [0.15, 0.2) is 0 Å². The lowest BCUT2D eigenvalue weighted by atomic mass is 9.74. The second-order valence-electron chi connectivity index (χ2n) is 5.81. The minimum absolute atomic E-state index is 0.483. The quantitative estimate of drug-likeness (QED) is 0.901. The van der Waals surface area contributed by atoms with E-state index in [4.69, 9.17) is 0 Å². The van der Waals surface area contributed by atoms with E-state index in [-0.39, 0.29) is 0 Å². The van der Waals surface area contributed by atoms with Gasteiger partial charge >= 0.3 is 0 Å². The number of piperidine rings is 1. The normalized spacial score (nSPS) is 20.3. The fourth-order valence-electron chi connectivity index (χ4n) is 3.03. The van der Waals surface area contributed by atoms with Crippen molar-refractivity contribution in [2.24, 2.45) is 5.41 Å². The van der Waals surface area contributed by atoms with Crippen LogP contribution in [0.4, 0.5) is 5.69 Å². The van der Waals surface area contributed by atoms with Crippen LogP contribution in [0.1, 0.15) is 58.3 Å². The molecule has 0 spiro atoms. The Bertz CT molecular complexity index is 386. The first-order valence-corrected chi connectivity index (χ1v) is 7.49. The maximum Gasteiger partial charge on any atom is 0.0931 e. The lowest BCUT2D eigenvalue weighted by molar-refractivity contribution is 0.194. The van der Waals surface area contributed by atoms with Crippen LogP contribution in [0.2, 0.25) is 0 Å². The molecule has 1 saturated heterocycles. The number of aliphatic hydroxyl groups is 1. The molecule has 2 heterocycles. The number of hydrogen-bond acceptors (Lipinski definition) is 3. The fourth-order valence-corrected chi connectivity index (χ4v) is 3.03. The van der Waals surface area contributed by atoms with Gasteiger partial charge in [0.2, 0.25) is 0 Å². The molecule has 3 heteroatoms. The molecule has 1 aliphatic heterocycles. The average Bonchev–Trinajstić information content (AvgIpc) is 2.47. The summed E-state index contributed by atoms with van der Waals surface area (Å²) in [5.74, 6) is 0. The number of rotatable bonds is 4. The molecular weight excluding hydrogens is 236 g/mol. The molecule has 0 amide bonds. The van der Waals surface area contributed by atoms with Crippen LogP contribution >= 0.6 is 0 Å². The van der Waals surface area contributed by atoms with Crippen LogP contribution in [0.25, 0.3) is 0 Å². The molecule has 19 heavy (non-hydrogen) atoms. The van der Waals surface area contributed by atoms with Crippen molar-refractivity contribution in [3.8, 4) is 0 Å². The number of aliphatic hydroxyl groups excluding tert-OH is 1. The van der Waals surface area contributed by atoms with Crippen LogP contribution in [0.3, 0.4) is 0 Å². The Hall–Kier alpha value is -1.09. The zero-order valence-electron chi connectivity index (χ0n) is 12.4. The third-order valence-electron chi connectivity index (χ3n) is 4.89. The number of nitrogens with zero attached hydrogens (tertiary/aromatic N) is 2. The first-order valence-electron chi connectivity index (χ1n) is 7.49. The monoisotopic (exact) mass is 262 g/mol. The Morgan fingerprint density at radius 1 is 1.26 bits per heavy atom. The van der Waals surface area contributed by atoms with Crippen molar-refractivity contribution < 1.29 is 5.11 Å². The molecule has 1 aliphatic rings. The Balaban J connectivity index is 2.01. The van der Waals surface area contributed by atoms with Crippen molar-refractivity contribution >= 4 is 5.69 Å². The molecule has 106 valence electrons. The summed E-state index contributed by atoms with van der Waals surface area (Å²) in [5.41, 5.74) is 2.49. The van der Waals surface area contributed by atoms with E-state index in [1.54, 1.807) is 6.92 Å². The standard InChI is InChI=1S/C16H26N2O/c1-4-16(5-2)8-10-18(11-9-16)14-6-7-15(13(3)19)17-12-14/h6-7,12-13,19H,4-5,8-11H2,1-3H3. The van der Waals surface area contributed by atoms with Gasteiger partial charge in [-0.3, -0.25) is 4.98 Å². The van der Waals surface area contributed by atoms with Gasteiger partial charge in [0.05, 0.1) is 23.7 Å². The number of aromatic nitrogens is 1. The summed E-state index contributed by atoms with van der Waals surface area (Å²) >= 11 is 0. The molecular formula is C16H26N2O. The van der Waals surface area contributed by atoms with E-state index in [2.05, 4.69) is 29.8 Å². The summed E-state index contributed by atoms with van der Waals surface area (Å²) in [6.07, 6.45) is 6.54. The molecule has 3 nitrogen and oxygen atoms in total. The number of pyridine rings is 1. The van der Waals surface area contributed by atoms with Crippen LogP contribution in [0.5, 0.6) is 0 Å². The zero-order valence-corrected chi connectivity index (χ0v) is 12.4. The maximum atomic E-state index is 9.48. The van der Waals surface area contributed by atoms with Crippen molar-refractivity contribution in [2.75, 3.05) is 18.0 Å². The van der Waals surface area contributed by atoms with Gasteiger partial charge < -0.3 is 10.0 Å². The molecule has 2 rings (SSSR count). The molecule has 0 radical (unpaired) electrons. The lowest BCUT2D eigenvalue weighted by Gasteiger charge is -2.41. The summed E-state index contributed by atoms with van der Waals surface area (Å²) in [5, 5.41) is 9.48. The number of anilines is 1. The van der Waals surface area contributed by atoms with Crippen molar-refractivity contribution in [3.63, 3.8) is 0 Å². The van der Waals surface area contributed by atoms with E-state index in [0.29, 0.717) is 5.41 Å². The van der Waals surface area contributed by atoms with Gasteiger partial charge in [-0.15, -0.1) is 0 Å². The minimum atomic E-state index is -0.483. The van der Waals surface area contributed by atoms with Gasteiger partial charge in [-0.05, 0) is 37.3 Å². The molecule has 1 fully saturated rings. The first-order chi connectivity index (χ1) is 9.10. The molecule has 1 unspecified atom stereocenters. The van der Waals surface area contributed by atoms with Gasteiger partial charge in [0.1, 0.15) is 0 Å². The predicted molar refractivity (Wildman–Crippen MR) is 79.3 cm³/mol. The summed E-state index contributed by atoms with van der Waals surface area (Å²) in [4.78, 5) is 6.76. The fraction of sp³-hybridized carbons (Fsp3) is 0.688. The van der Waals surface area contributed by atoms with Gasteiger partial charge in [-0.2, -0.15) is 0 Å². The molecule has 0 aliphatic carbocycles. The van der Waals surface area contributed by atoms with Crippen LogP contribution < -0.4 is 4.90 Å². The Morgan fingerprint density at radius 2 is 1.89 bits per heavy atom. The highest BCUT2D eigenvalue weighted by atomic mass is 16.3. The highest BCUT2D eigenvalue weighted by molar-refractivity contribution is 5.45. The molecule has 1 atom stereocenters. The van der Waals surface area contributed by atoms with Gasteiger partial charge in [-0.25, -0.2) is 0 Å². The Kier molecular flexibility index (Phi) is 4.46. The van der Waals surface area contributed by atoms with E-state index in [1.807, 2.05) is 12.3 Å². The van der Waals surface area contributed by atoms with Crippen LogP contribution in [-0.2, 0) is 0 Å². The predicted octanol–water partition coefficient (Wildman–Crippen LogP) is 3.54. The highest BCUT2D eigenvalue weighted by Gasteiger charge is 2.31. The summed E-state index contributed by atoms with van der Waals surface area (Å²) < 4.78 is 0. The zero-order chi connectivity index (χ0) is 13.9. The topological polar surface area (TPSA) is 36.4 Å². The third kappa shape index (κ3) is 3.08. The Labute approximate surface area is 116 Å². The molecule has 1 N–H and O–H groups in total. The number of hydrogen-bond donors (Lipinski definition) is 1. The molecule has 1 aromatic heterocycles. The lowest BCUT2D eigenvalue weighted by Crippen LogP contribution is -2.39. The first kappa shape index (κ1) is 14.3. The van der Waals surface area contributed by atoms with Crippen molar-refractivity contribution in [1.29, 1.82) is 0 Å². The van der Waals surface area contributed by atoms with Gasteiger partial charge in [0.25, 0.3) is 0 Å². The average molecular weight is 262 g/mol. The van der Waals surface area contributed by atoms with Crippen molar-refractivity contribution in [1.82, 2.24) is 4.98 Å². The SMILES string of the molecule is CCC1(CC)CCN(c2ccc(C(C)O)nc2)CC1. The minimum Gasteiger partial charge on any atom is -0.387 e. The second kappa shape index (κ2) is 5.91. The van der Waals surface area contributed by atoms with E-state index in [9.17, 15) is 5.11 Å². The second-order valence-corrected chi connectivity index (χ2v) is 5.81. The smallest absolute Gasteiger partial charge is 0.0931 e. The summed E-state index contributed by atoms with van der Waals surface area (Å²) in [6.45, 7) is 8.63. The summed E-state index contributed by atoms with van der Waals surface area (Å²) in [7, 11) is 0. The molecule has 0 bridgehead atoms. The van der Waals surface area contributed by atoms with Gasteiger partial charge in [-0.1, -0.05) is 26.7 Å². The van der Waals surface area contributed by atoms with Crippen LogP contribution in [0.15, 0.2) is 18.3 Å². The van der Waals surface area contributed by atoms with Crippen LogP contribution in [0, 0.1) is 5.41 Å². The molecule has 1 aromatic rings.